The van der Waals surface area contributed by atoms with Crippen LogP contribution in [0.25, 0.3) is 0 Å². The van der Waals surface area contributed by atoms with Crippen molar-refractivity contribution in [1.82, 2.24) is 0 Å². The molecule has 0 amide bonds. The van der Waals surface area contributed by atoms with Gasteiger partial charge in [-0.25, -0.2) is 0 Å². The van der Waals surface area contributed by atoms with Crippen LogP contribution in [0.3, 0.4) is 0 Å². The largest absolute Gasteiger partial charge is 0.458 e. The Morgan fingerprint density at radius 1 is 1.24 bits per heavy atom. The summed E-state index contributed by atoms with van der Waals surface area (Å²) < 4.78 is 5.20. The molecule has 92 valence electrons. The lowest BCUT2D eigenvalue weighted by Crippen LogP contribution is -2.16. The Balaban J connectivity index is 2.39. The van der Waals surface area contributed by atoms with Crippen LogP contribution in [0, 0.1) is 0 Å². The van der Waals surface area contributed by atoms with Crippen molar-refractivity contribution >= 4 is 11.8 Å². The van der Waals surface area contributed by atoms with Gasteiger partial charge in [-0.15, -0.1) is 0 Å². The van der Waals surface area contributed by atoms with Crippen LogP contribution in [-0.4, -0.2) is 18.3 Å². The zero-order valence-electron chi connectivity index (χ0n) is 9.89. The molecule has 2 N–H and O–H groups in total. The van der Waals surface area contributed by atoms with Crippen LogP contribution in [0.4, 0.5) is 0 Å². The SMILES string of the molecule is CC(OC(=O)CCC(=O)CN)c1ccccc1. The Hall–Kier alpha value is -1.68. The highest BCUT2D eigenvalue weighted by Crippen LogP contribution is 2.16. The smallest absolute Gasteiger partial charge is 0.306 e. The fraction of sp³-hybridized carbons (Fsp3) is 0.385. The van der Waals surface area contributed by atoms with E-state index in [0.717, 1.165) is 5.56 Å². The Morgan fingerprint density at radius 3 is 2.47 bits per heavy atom. The highest BCUT2D eigenvalue weighted by Gasteiger charge is 2.12. The summed E-state index contributed by atoms with van der Waals surface area (Å²) in [5.41, 5.74) is 6.09. The third-order valence-electron chi connectivity index (χ3n) is 2.41. The minimum atomic E-state index is -0.372. The summed E-state index contributed by atoms with van der Waals surface area (Å²) in [6.45, 7) is 1.78. The van der Waals surface area contributed by atoms with Crippen molar-refractivity contribution in [2.45, 2.75) is 25.9 Å². The molecule has 1 rings (SSSR count). The predicted molar refractivity (Wildman–Crippen MR) is 64.2 cm³/mol. The van der Waals surface area contributed by atoms with Gasteiger partial charge in [-0.3, -0.25) is 9.59 Å². The van der Waals surface area contributed by atoms with Crippen LogP contribution in [0.5, 0.6) is 0 Å². The number of carbonyl (C=O) groups is 2. The van der Waals surface area contributed by atoms with Gasteiger partial charge in [0.1, 0.15) is 11.9 Å². The van der Waals surface area contributed by atoms with Crippen molar-refractivity contribution in [3.63, 3.8) is 0 Å². The molecule has 1 aromatic rings. The van der Waals surface area contributed by atoms with Gasteiger partial charge in [-0.2, -0.15) is 0 Å². The number of ketones is 1. The summed E-state index contributed by atoms with van der Waals surface area (Å²) in [6.07, 6.45) is -0.0546. The fourth-order valence-electron chi connectivity index (χ4n) is 1.39. The first kappa shape index (κ1) is 13.4. The number of carbonyl (C=O) groups excluding carboxylic acids is 2. The molecule has 0 bridgehead atoms. The minimum Gasteiger partial charge on any atom is -0.458 e. The van der Waals surface area contributed by atoms with E-state index in [2.05, 4.69) is 0 Å². The maximum Gasteiger partial charge on any atom is 0.306 e. The van der Waals surface area contributed by atoms with Gasteiger partial charge >= 0.3 is 5.97 Å². The maximum atomic E-state index is 11.4. The van der Waals surface area contributed by atoms with Gasteiger partial charge in [0.15, 0.2) is 0 Å². The zero-order chi connectivity index (χ0) is 12.7. The number of ether oxygens (including phenoxy) is 1. The first-order valence-corrected chi connectivity index (χ1v) is 5.59. The molecule has 0 heterocycles. The van der Waals surface area contributed by atoms with Crippen molar-refractivity contribution in [3.05, 3.63) is 35.9 Å². The molecule has 1 aromatic carbocycles. The van der Waals surface area contributed by atoms with Crippen molar-refractivity contribution in [2.24, 2.45) is 5.73 Å². The van der Waals surface area contributed by atoms with Gasteiger partial charge in [0.05, 0.1) is 13.0 Å². The van der Waals surface area contributed by atoms with Gasteiger partial charge in [0.2, 0.25) is 0 Å². The standard InChI is InChI=1S/C13H17NO3/c1-10(11-5-3-2-4-6-11)17-13(16)8-7-12(15)9-14/h2-6,10H,7-9,14H2,1H3. The van der Waals surface area contributed by atoms with Crippen LogP contribution >= 0.6 is 0 Å². The van der Waals surface area contributed by atoms with Gasteiger partial charge in [-0.1, -0.05) is 30.3 Å². The number of hydrogen-bond donors (Lipinski definition) is 1. The van der Waals surface area contributed by atoms with Crippen LogP contribution < -0.4 is 5.73 Å². The fourth-order valence-corrected chi connectivity index (χ4v) is 1.39. The average Bonchev–Trinajstić information content (AvgIpc) is 2.36. The van der Waals surface area contributed by atoms with Crippen molar-refractivity contribution in [3.8, 4) is 0 Å². The second-order valence-electron chi connectivity index (χ2n) is 3.79. The summed E-state index contributed by atoms with van der Waals surface area (Å²) >= 11 is 0. The molecule has 0 aliphatic rings. The molecule has 0 aromatic heterocycles. The molecule has 0 fully saturated rings. The summed E-state index contributed by atoms with van der Waals surface area (Å²) in [6, 6.07) is 9.46. The molecule has 0 aliphatic carbocycles. The van der Waals surface area contributed by atoms with E-state index in [1.165, 1.54) is 0 Å². The van der Waals surface area contributed by atoms with Crippen LogP contribution in [-0.2, 0) is 14.3 Å². The van der Waals surface area contributed by atoms with Crippen molar-refractivity contribution in [1.29, 1.82) is 0 Å². The molecule has 1 unspecified atom stereocenters. The molecular weight excluding hydrogens is 218 g/mol. The highest BCUT2D eigenvalue weighted by molar-refractivity contribution is 5.84. The Bertz CT molecular complexity index is 376. The predicted octanol–water partition coefficient (Wildman–Crippen LogP) is 1.60. The van der Waals surface area contributed by atoms with E-state index in [9.17, 15) is 9.59 Å². The average molecular weight is 235 g/mol. The third-order valence-corrected chi connectivity index (χ3v) is 2.41. The number of esters is 1. The molecular formula is C13H17NO3. The second-order valence-corrected chi connectivity index (χ2v) is 3.79. The van der Waals surface area contributed by atoms with Crippen LogP contribution in [0.2, 0.25) is 0 Å². The van der Waals surface area contributed by atoms with Crippen LogP contribution in [0.15, 0.2) is 30.3 Å². The normalized spacial score (nSPS) is 11.9. The number of Topliss-reactive ketones (excluding diaryl/α,β-unsaturated/α-hetero) is 1. The quantitative estimate of drug-likeness (QED) is 0.760. The lowest BCUT2D eigenvalue weighted by atomic mass is 10.1. The molecule has 17 heavy (non-hydrogen) atoms. The van der Waals surface area contributed by atoms with Gasteiger partial charge in [0, 0.05) is 6.42 Å². The molecule has 0 saturated carbocycles. The van der Waals surface area contributed by atoms with E-state index in [-0.39, 0.29) is 37.2 Å². The zero-order valence-corrected chi connectivity index (χ0v) is 9.89. The monoisotopic (exact) mass is 235 g/mol. The minimum absolute atomic E-state index is 0.0263. The molecule has 4 nitrogen and oxygen atoms in total. The van der Waals surface area contributed by atoms with Crippen LogP contribution in [0.1, 0.15) is 31.4 Å². The summed E-state index contributed by atoms with van der Waals surface area (Å²) in [4.78, 5) is 22.4. The van der Waals surface area contributed by atoms with Gasteiger partial charge in [-0.05, 0) is 12.5 Å². The molecule has 1 atom stereocenters. The first-order chi connectivity index (χ1) is 8.13. The topological polar surface area (TPSA) is 69.4 Å². The van der Waals surface area contributed by atoms with E-state index in [1.54, 1.807) is 6.92 Å². The van der Waals surface area contributed by atoms with E-state index in [1.807, 2.05) is 30.3 Å². The molecule has 0 aliphatic heterocycles. The third kappa shape index (κ3) is 4.78. The van der Waals surface area contributed by atoms with E-state index in [4.69, 9.17) is 10.5 Å². The summed E-state index contributed by atoms with van der Waals surface area (Å²) in [7, 11) is 0. The second kappa shape index (κ2) is 6.81. The first-order valence-electron chi connectivity index (χ1n) is 5.59. The summed E-state index contributed by atoms with van der Waals surface area (Å²) in [5.74, 6) is -0.502. The Labute approximate surface area is 101 Å². The Morgan fingerprint density at radius 2 is 1.88 bits per heavy atom. The molecule has 0 spiro atoms. The van der Waals surface area contributed by atoms with E-state index < -0.39 is 0 Å². The lowest BCUT2D eigenvalue weighted by Gasteiger charge is -2.13. The molecule has 0 saturated heterocycles. The lowest BCUT2D eigenvalue weighted by molar-refractivity contribution is -0.149. The highest BCUT2D eigenvalue weighted by atomic mass is 16.5. The van der Waals surface area contributed by atoms with E-state index in [0.29, 0.717) is 0 Å². The Kier molecular flexibility index (Phi) is 5.36. The number of benzene rings is 1. The molecule has 0 radical (unpaired) electrons. The van der Waals surface area contributed by atoms with Crippen molar-refractivity contribution in [2.75, 3.05) is 6.54 Å². The van der Waals surface area contributed by atoms with Gasteiger partial charge < -0.3 is 10.5 Å². The number of rotatable bonds is 6. The van der Waals surface area contributed by atoms with Crippen molar-refractivity contribution < 1.29 is 14.3 Å². The number of nitrogens with two attached hydrogens (primary N) is 1. The van der Waals surface area contributed by atoms with E-state index >= 15 is 0 Å². The number of hydrogen-bond acceptors (Lipinski definition) is 4. The summed E-state index contributed by atoms with van der Waals surface area (Å²) in [5, 5.41) is 0. The maximum absolute atomic E-state index is 11.4. The molecule has 4 heteroatoms. The van der Waals surface area contributed by atoms with Gasteiger partial charge in [0.25, 0.3) is 0 Å².